The topological polar surface area (TPSA) is 62.5 Å². The molecule has 2 heterocycles. The maximum Gasteiger partial charge on any atom is 0.227 e. The van der Waals surface area contributed by atoms with E-state index >= 15 is 0 Å². The molecule has 1 aliphatic carbocycles. The second-order valence-corrected chi connectivity index (χ2v) is 5.87. The van der Waals surface area contributed by atoms with Crippen LogP contribution in [0, 0.1) is 5.92 Å². The minimum absolute atomic E-state index is 0. The summed E-state index contributed by atoms with van der Waals surface area (Å²) in [5, 5.41) is 0. The Morgan fingerprint density at radius 3 is 2.82 bits per heavy atom. The van der Waals surface area contributed by atoms with E-state index in [9.17, 15) is 4.79 Å². The molecule has 1 amide bonds. The van der Waals surface area contributed by atoms with Gasteiger partial charge in [-0.2, -0.15) is 0 Å². The predicted octanol–water partition coefficient (Wildman–Crippen LogP) is 2.23. The monoisotopic (exact) mass is 346 g/mol. The number of amides is 1. The van der Waals surface area contributed by atoms with E-state index in [-0.39, 0.29) is 36.8 Å². The van der Waals surface area contributed by atoms with Crippen LogP contribution in [0.1, 0.15) is 25.7 Å². The predicted molar refractivity (Wildman–Crippen MR) is 94.3 cm³/mol. The van der Waals surface area contributed by atoms with Crippen LogP contribution < -0.4 is 15.5 Å². The number of rotatable bonds is 2. The Balaban J connectivity index is 0.00000121. The lowest BCUT2D eigenvalue weighted by Gasteiger charge is -2.35. The maximum absolute atomic E-state index is 12.6. The van der Waals surface area contributed by atoms with E-state index < -0.39 is 0 Å². The molecule has 3 rings (SSSR count). The van der Waals surface area contributed by atoms with Crippen molar-refractivity contribution in [2.24, 2.45) is 11.7 Å². The Labute approximate surface area is 144 Å². The number of carbonyl (C=O) groups is 1. The summed E-state index contributed by atoms with van der Waals surface area (Å²) in [5.41, 5.74) is 7.01. The molecule has 2 atom stereocenters. The molecule has 1 aromatic heterocycles. The van der Waals surface area contributed by atoms with Crippen LogP contribution in [-0.2, 0) is 4.79 Å². The number of nitrogens with two attached hydrogens (primary N) is 1. The average molecular weight is 347 g/mol. The summed E-state index contributed by atoms with van der Waals surface area (Å²) in [7, 11) is 2.01. The van der Waals surface area contributed by atoms with Gasteiger partial charge in [-0.3, -0.25) is 4.79 Å². The van der Waals surface area contributed by atoms with Crippen molar-refractivity contribution >= 4 is 42.2 Å². The smallest absolute Gasteiger partial charge is 0.227 e. The fraction of sp³-hybridized carbons (Fsp3) is 0.600. The Morgan fingerprint density at radius 2 is 2.14 bits per heavy atom. The Morgan fingerprint density at radius 1 is 1.36 bits per heavy atom. The van der Waals surface area contributed by atoms with E-state index in [4.69, 9.17) is 5.73 Å². The molecule has 0 radical (unpaired) electrons. The van der Waals surface area contributed by atoms with Gasteiger partial charge in [0.1, 0.15) is 0 Å². The Bertz CT molecular complexity index is 514. The SMILES string of the molecule is CN1CCN(C(=O)C[C@@H]2CCC[C@H]2N)c2cccnc21.Cl.Cl. The molecule has 1 aliphatic heterocycles. The first kappa shape index (κ1) is 19.0. The molecular weight excluding hydrogens is 323 g/mol. The summed E-state index contributed by atoms with van der Waals surface area (Å²) in [6.45, 7) is 1.56. The number of pyridine rings is 1. The van der Waals surface area contributed by atoms with Crippen molar-refractivity contribution in [1.82, 2.24) is 4.98 Å². The van der Waals surface area contributed by atoms with Crippen molar-refractivity contribution in [3.63, 3.8) is 0 Å². The molecule has 7 heteroatoms. The van der Waals surface area contributed by atoms with Gasteiger partial charge in [0.15, 0.2) is 5.82 Å². The summed E-state index contributed by atoms with van der Waals surface area (Å²) in [5.74, 6) is 1.43. The van der Waals surface area contributed by atoms with Crippen LogP contribution in [-0.4, -0.2) is 37.1 Å². The van der Waals surface area contributed by atoms with Crippen LogP contribution in [0.5, 0.6) is 0 Å². The first-order valence-corrected chi connectivity index (χ1v) is 7.39. The number of carbonyl (C=O) groups excluding carboxylic acids is 1. The molecule has 0 saturated heterocycles. The van der Waals surface area contributed by atoms with Crippen LogP contribution in [0.3, 0.4) is 0 Å². The standard InChI is InChI=1S/C15H22N4O.2ClH/c1-18-8-9-19(13-6-3-7-17-15(13)18)14(20)10-11-4-2-5-12(11)16;;/h3,6-7,11-12H,2,4-5,8-10,16H2,1H3;2*1H/t11-,12+;;/m0../s1. The second-order valence-electron chi connectivity index (χ2n) is 5.87. The normalized spacial score (nSPS) is 23.4. The van der Waals surface area contributed by atoms with Gasteiger partial charge >= 0.3 is 0 Å². The van der Waals surface area contributed by atoms with E-state index in [1.807, 2.05) is 24.1 Å². The van der Waals surface area contributed by atoms with Gasteiger partial charge in [-0.15, -0.1) is 24.8 Å². The molecule has 0 aromatic carbocycles. The molecule has 0 spiro atoms. The van der Waals surface area contributed by atoms with E-state index in [0.29, 0.717) is 12.3 Å². The largest absolute Gasteiger partial charge is 0.356 e. The average Bonchev–Trinajstić information content (AvgIpc) is 2.85. The Kier molecular flexibility index (Phi) is 6.91. The van der Waals surface area contributed by atoms with Crippen LogP contribution in [0.4, 0.5) is 11.5 Å². The molecule has 2 N–H and O–H groups in total. The summed E-state index contributed by atoms with van der Waals surface area (Å²) in [6, 6.07) is 4.06. The molecule has 2 aliphatic rings. The molecular formula is C15H24Cl2N4O. The van der Waals surface area contributed by atoms with Crippen molar-refractivity contribution in [2.45, 2.75) is 31.7 Å². The third kappa shape index (κ3) is 3.65. The molecule has 0 bridgehead atoms. The van der Waals surface area contributed by atoms with Crippen molar-refractivity contribution in [3.05, 3.63) is 18.3 Å². The van der Waals surface area contributed by atoms with Gasteiger partial charge in [-0.1, -0.05) is 6.42 Å². The van der Waals surface area contributed by atoms with Crippen molar-refractivity contribution < 1.29 is 4.79 Å². The van der Waals surface area contributed by atoms with Crippen LogP contribution in [0.2, 0.25) is 0 Å². The zero-order chi connectivity index (χ0) is 14.1. The molecule has 1 fully saturated rings. The van der Waals surface area contributed by atoms with E-state index in [1.54, 1.807) is 6.20 Å². The lowest BCUT2D eigenvalue weighted by molar-refractivity contribution is -0.119. The van der Waals surface area contributed by atoms with Crippen LogP contribution >= 0.6 is 24.8 Å². The third-order valence-electron chi connectivity index (χ3n) is 4.53. The zero-order valence-corrected chi connectivity index (χ0v) is 14.4. The highest BCUT2D eigenvalue weighted by molar-refractivity contribution is 5.97. The maximum atomic E-state index is 12.6. The summed E-state index contributed by atoms with van der Waals surface area (Å²) in [4.78, 5) is 21.0. The van der Waals surface area contributed by atoms with Gasteiger partial charge in [-0.25, -0.2) is 4.98 Å². The van der Waals surface area contributed by atoms with Crippen molar-refractivity contribution in [2.75, 3.05) is 29.9 Å². The number of aromatic nitrogens is 1. The first-order chi connectivity index (χ1) is 9.66. The molecule has 124 valence electrons. The number of likely N-dealkylation sites (N-methyl/N-ethyl adjacent to an activating group) is 1. The lowest BCUT2D eigenvalue weighted by Crippen LogP contribution is -2.44. The number of anilines is 2. The number of hydrogen-bond donors (Lipinski definition) is 1. The van der Waals surface area contributed by atoms with Gasteiger partial charge in [0.05, 0.1) is 5.69 Å². The number of fused-ring (bicyclic) bond motifs is 1. The van der Waals surface area contributed by atoms with Crippen LogP contribution in [0.25, 0.3) is 0 Å². The van der Waals surface area contributed by atoms with Crippen LogP contribution in [0.15, 0.2) is 18.3 Å². The first-order valence-electron chi connectivity index (χ1n) is 7.39. The zero-order valence-electron chi connectivity index (χ0n) is 12.8. The highest BCUT2D eigenvalue weighted by Crippen LogP contribution is 2.32. The number of nitrogens with zero attached hydrogens (tertiary/aromatic N) is 3. The highest BCUT2D eigenvalue weighted by Gasteiger charge is 2.31. The molecule has 1 aromatic rings. The van der Waals surface area contributed by atoms with Gasteiger partial charge in [0, 0.05) is 38.8 Å². The fourth-order valence-electron chi connectivity index (χ4n) is 3.28. The molecule has 1 saturated carbocycles. The molecule has 22 heavy (non-hydrogen) atoms. The minimum Gasteiger partial charge on any atom is -0.356 e. The summed E-state index contributed by atoms with van der Waals surface area (Å²) < 4.78 is 0. The lowest BCUT2D eigenvalue weighted by atomic mass is 9.99. The van der Waals surface area contributed by atoms with E-state index in [1.165, 1.54) is 0 Å². The number of halogens is 2. The third-order valence-corrected chi connectivity index (χ3v) is 4.53. The van der Waals surface area contributed by atoms with Gasteiger partial charge in [0.25, 0.3) is 0 Å². The fourth-order valence-corrected chi connectivity index (χ4v) is 3.28. The summed E-state index contributed by atoms with van der Waals surface area (Å²) in [6.07, 6.45) is 5.63. The van der Waals surface area contributed by atoms with E-state index in [0.717, 1.165) is 43.9 Å². The van der Waals surface area contributed by atoms with Gasteiger partial charge < -0.3 is 15.5 Å². The number of hydrogen-bond acceptors (Lipinski definition) is 4. The Hall–Kier alpha value is -1.04. The van der Waals surface area contributed by atoms with Gasteiger partial charge in [-0.05, 0) is 30.9 Å². The van der Waals surface area contributed by atoms with Crippen molar-refractivity contribution in [1.29, 1.82) is 0 Å². The quantitative estimate of drug-likeness (QED) is 0.891. The highest BCUT2D eigenvalue weighted by atomic mass is 35.5. The molecule has 0 unspecified atom stereocenters. The van der Waals surface area contributed by atoms with Gasteiger partial charge in [0.2, 0.25) is 5.91 Å². The molecule has 5 nitrogen and oxygen atoms in total. The summed E-state index contributed by atoms with van der Waals surface area (Å²) >= 11 is 0. The van der Waals surface area contributed by atoms with Crippen molar-refractivity contribution in [3.8, 4) is 0 Å². The minimum atomic E-state index is 0. The van der Waals surface area contributed by atoms with E-state index in [2.05, 4.69) is 9.88 Å². The second kappa shape index (κ2) is 7.99.